The molecule has 0 bridgehead atoms. The first-order valence-corrected chi connectivity index (χ1v) is 13.2. The quantitative estimate of drug-likeness (QED) is 0.460. The van der Waals surface area contributed by atoms with E-state index in [1.54, 1.807) is 6.08 Å². The SMILES string of the molecule is CCCC(=O)NO[C@@H]1CC[C@@]2(C)[C@H](CC[C@@H]3[C@@H]2CC[C@]2(C)[C@@H](C4=CC(=O)OC4)CC[C@@H]32)C1. The van der Waals surface area contributed by atoms with Gasteiger partial charge in [-0.25, -0.2) is 10.3 Å². The topological polar surface area (TPSA) is 64.6 Å². The molecule has 0 saturated heterocycles. The first kappa shape index (κ1) is 22.4. The molecule has 8 atom stereocenters. The largest absolute Gasteiger partial charge is 0.458 e. The molecule has 32 heavy (non-hydrogen) atoms. The number of cyclic esters (lactones) is 1. The molecule has 0 aromatic carbocycles. The number of carbonyl (C=O) groups is 2. The molecule has 4 fully saturated rings. The predicted molar refractivity (Wildman–Crippen MR) is 122 cm³/mol. The van der Waals surface area contributed by atoms with Gasteiger partial charge in [-0.1, -0.05) is 20.8 Å². The average molecular weight is 444 g/mol. The molecule has 4 aliphatic carbocycles. The summed E-state index contributed by atoms with van der Waals surface area (Å²) in [6, 6.07) is 0. The summed E-state index contributed by atoms with van der Waals surface area (Å²) in [6.07, 6.45) is 14.5. The first-order valence-electron chi connectivity index (χ1n) is 13.2. The fourth-order valence-corrected chi connectivity index (χ4v) is 8.95. The second-order valence-electron chi connectivity index (χ2n) is 11.9. The lowest BCUT2D eigenvalue weighted by Gasteiger charge is -2.61. The van der Waals surface area contributed by atoms with Crippen molar-refractivity contribution in [3.05, 3.63) is 11.6 Å². The number of nitrogens with one attached hydrogen (secondary N) is 1. The smallest absolute Gasteiger partial charge is 0.331 e. The first-order chi connectivity index (χ1) is 15.3. The maximum Gasteiger partial charge on any atom is 0.331 e. The van der Waals surface area contributed by atoms with Gasteiger partial charge in [0.25, 0.3) is 0 Å². The van der Waals surface area contributed by atoms with Crippen LogP contribution in [0.15, 0.2) is 11.6 Å². The third-order valence-electron chi connectivity index (χ3n) is 10.6. The Kier molecular flexibility index (Phi) is 5.92. The van der Waals surface area contributed by atoms with Gasteiger partial charge < -0.3 is 4.74 Å². The molecule has 0 aromatic rings. The Balaban J connectivity index is 1.26. The molecule has 1 N–H and O–H groups in total. The number of hydroxylamine groups is 1. The third-order valence-corrected chi connectivity index (χ3v) is 10.6. The van der Waals surface area contributed by atoms with Crippen molar-refractivity contribution in [2.75, 3.05) is 6.61 Å². The van der Waals surface area contributed by atoms with Gasteiger partial charge in [-0.15, -0.1) is 0 Å². The summed E-state index contributed by atoms with van der Waals surface area (Å²) in [4.78, 5) is 29.4. The van der Waals surface area contributed by atoms with Crippen LogP contribution in [-0.2, 0) is 19.2 Å². The van der Waals surface area contributed by atoms with E-state index >= 15 is 0 Å². The Hall–Kier alpha value is -1.36. The summed E-state index contributed by atoms with van der Waals surface area (Å²) in [5.74, 6) is 3.51. The Morgan fingerprint density at radius 2 is 1.88 bits per heavy atom. The third kappa shape index (κ3) is 3.63. The van der Waals surface area contributed by atoms with Crippen molar-refractivity contribution in [2.24, 2.45) is 40.4 Å². The molecule has 5 rings (SSSR count). The van der Waals surface area contributed by atoms with Crippen LogP contribution < -0.4 is 5.48 Å². The molecule has 0 aromatic heterocycles. The highest BCUT2D eigenvalue weighted by Gasteiger charge is 2.60. The van der Waals surface area contributed by atoms with Gasteiger partial charge in [0.15, 0.2) is 0 Å². The van der Waals surface area contributed by atoms with Crippen LogP contribution >= 0.6 is 0 Å². The predicted octanol–water partition coefficient (Wildman–Crippen LogP) is 5.35. The van der Waals surface area contributed by atoms with Crippen molar-refractivity contribution in [3.63, 3.8) is 0 Å². The van der Waals surface area contributed by atoms with Gasteiger partial charge in [-0.05, 0) is 110 Å². The molecule has 5 nitrogen and oxygen atoms in total. The van der Waals surface area contributed by atoms with Crippen LogP contribution in [0, 0.1) is 40.4 Å². The number of ether oxygens (including phenoxy) is 1. The van der Waals surface area contributed by atoms with E-state index in [1.165, 1.54) is 50.5 Å². The Morgan fingerprint density at radius 1 is 1.09 bits per heavy atom. The zero-order chi connectivity index (χ0) is 22.5. The Morgan fingerprint density at radius 3 is 2.62 bits per heavy atom. The molecule has 5 aliphatic rings. The van der Waals surface area contributed by atoms with Crippen LogP contribution in [0.2, 0.25) is 0 Å². The summed E-state index contributed by atoms with van der Waals surface area (Å²) in [6.45, 7) is 7.63. The van der Waals surface area contributed by atoms with Crippen molar-refractivity contribution in [2.45, 2.75) is 97.5 Å². The van der Waals surface area contributed by atoms with E-state index in [2.05, 4.69) is 19.3 Å². The van der Waals surface area contributed by atoms with E-state index in [-0.39, 0.29) is 18.0 Å². The normalized spacial score (nSPS) is 45.3. The monoisotopic (exact) mass is 443 g/mol. The van der Waals surface area contributed by atoms with E-state index in [0.717, 1.165) is 37.0 Å². The molecule has 1 aliphatic heterocycles. The van der Waals surface area contributed by atoms with Gasteiger partial charge in [0.1, 0.15) is 6.61 Å². The minimum Gasteiger partial charge on any atom is -0.458 e. The second-order valence-corrected chi connectivity index (χ2v) is 11.9. The zero-order valence-electron chi connectivity index (χ0n) is 20.2. The summed E-state index contributed by atoms with van der Waals surface area (Å²) >= 11 is 0. The van der Waals surface area contributed by atoms with E-state index < -0.39 is 0 Å². The van der Waals surface area contributed by atoms with Crippen molar-refractivity contribution in [1.29, 1.82) is 0 Å². The highest BCUT2D eigenvalue weighted by Crippen LogP contribution is 2.68. The number of carbonyl (C=O) groups excluding carboxylic acids is 2. The van der Waals surface area contributed by atoms with Gasteiger partial charge in [-0.3, -0.25) is 9.63 Å². The second kappa shape index (κ2) is 8.45. The molecule has 5 heteroatoms. The van der Waals surface area contributed by atoms with Crippen molar-refractivity contribution < 1.29 is 19.2 Å². The highest BCUT2D eigenvalue weighted by atomic mass is 16.7. The summed E-state index contributed by atoms with van der Waals surface area (Å²) < 4.78 is 5.28. The molecule has 0 spiro atoms. The molecular weight excluding hydrogens is 402 g/mol. The lowest BCUT2D eigenvalue weighted by atomic mass is 9.44. The van der Waals surface area contributed by atoms with Crippen molar-refractivity contribution in [1.82, 2.24) is 5.48 Å². The average Bonchev–Trinajstić information content (AvgIpc) is 3.34. The maximum absolute atomic E-state index is 11.8. The van der Waals surface area contributed by atoms with Crippen LogP contribution in [0.1, 0.15) is 91.4 Å². The zero-order valence-corrected chi connectivity index (χ0v) is 20.2. The van der Waals surface area contributed by atoms with Gasteiger partial charge in [0, 0.05) is 12.5 Å². The van der Waals surface area contributed by atoms with Crippen LogP contribution in [0.25, 0.3) is 0 Å². The van der Waals surface area contributed by atoms with Gasteiger partial charge in [-0.2, -0.15) is 0 Å². The minimum atomic E-state index is -0.140. The van der Waals surface area contributed by atoms with Crippen LogP contribution in [0.4, 0.5) is 0 Å². The van der Waals surface area contributed by atoms with Crippen molar-refractivity contribution >= 4 is 11.9 Å². The Bertz CT molecular complexity index is 793. The van der Waals surface area contributed by atoms with Crippen LogP contribution in [-0.4, -0.2) is 24.6 Å². The van der Waals surface area contributed by atoms with E-state index in [0.29, 0.717) is 35.7 Å². The standard InChI is InChI=1S/C27H41NO4/c1-4-5-24(29)28-32-19-10-12-26(2)18(15-19)6-7-20-22-9-8-21(17-14-25(30)31-16-17)27(22,3)13-11-23(20)26/h14,18-23H,4-13,15-16H2,1-3H3,(H,28,29)/t18-,19-,20+,21-,22+,23+,26+,27-/m1/s1. The Labute approximate surface area is 193 Å². The van der Waals surface area contributed by atoms with Crippen LogP contribution in [0.5, 0.6) is 0 Å². The number of hydrogen-bond acceptors (Lipinski definition) is 4. The fraction of sp³-hybridized carbons (Fsp3) is 0.852. The molecule has 0 radical (unpaired) electrons. The number of esters is 1. The summed E-state index contributed by atoms with van der Waals surface area (Å²) in [5.41, 5.74) is 4.71. The number of rotatable bonds is 5. The summed E-state index contributed by atoms with van der Waals surface area (Å²) in [5, 5.41) is 0. The van der Waals surface area contributed by atoms with Crippen LogP contribution in [0.3, 0.4) is 0 Å². The summed E-state index contributed by atoms with van der Waals surface area (Å²) in [7, 11) is 0. The van der Waals surface area contributed by atoms with E-state index in [4.69, 9.17) is 9.57 Å². The van der Waals surface area contributed by atoms with Gasteiger partial charge in [0.2, 0.25) is 5.91 Å². The van der Waals surface area contributed by atoms with Gasteiger partial charge in [0.05, 0.1) is 6.10 Å². The molecule has 1 heterocycles. The molecule has 178 valence electrons. The highest BCUT2D eigenvalue weighted by molar-refractivity contribution is 5.85. The van der Waals surface area contributed by atoms with E-state index in [1.807, 2.05) is 6.92 Å². The molecular formula is C27H41NO4. The number of fused-ring (bicyclic) bond motifs is 5. The van der Waals surface area contributed by atoms with Gasteiger partial charge >= 0.3 is 5.97 Å². The lowest BCUT2D eigenvalue weighted by Crippen LogP contribution is -2.54. The molecule has 4 saturated carbocycles. The molecule has 1 amide bonds. The lowest BCUT2D eigenvalue weighted by molar-refractivity contribution is -0.158. The van der Waals surface area contributed by atoms with Crippen molar-refractivity contribution in [3.8, 4) is 0 Å². The molecule has 0 unspecified atom stereocenters. The fourth-order valence-electron chi connectivity index (χ4n) is 8.95. The number of hydrogen-bond donors (Lipinski definition) is 1. The minimum absolute atomic E-state index is 0.0105. The number of amides is 1. The maximum atomic E-state index is 11.8. The van der Waals surface area contributed by atoms with E-state index in [9.17, 15) is 9.59 Å².